The molecule has 0 aliphatic heterocycles. The van der Waals surface area contributed by atoms with Crippen molar-refractivity contribution in [2.24, 2.45) is 0 Å². The van der Waals surface area contributed by atoms with Gasteiger partial charge in [0.05, 0.1) is 12.5 Å². The molecule has 0 saturated heterocycles. The fraction of sp³-hybridized carbons (Fsp3) is 0.364. The van der Waals surface area contributed by atoms with Crippen LogP contribution < -0.4 is 0 Å². The fourth-order valence-corrected chi connectivity index (χ4v) is 1.37. The van der Waals surface area contributed by atoms with Gasteiger partial charge in [0, 0.05) is 0 Å². The van der Waals surface area contributed by atoms with Crippen molar-refractivity contribution < 1.29 is 20.1 Å². The molecule has 1 aromatic carbocycles. The second-order valence-corrected chi connectivity index (χ2v) is 3.52. The number of rotatable bonds is 4. The van der Waals surface area contributed by atoms with Crippen LogP contribution in [-0.2, 0) is 4.79 Å². The van der Waals surface area contributed by atoms with Gasteiger partial charge in [-0.2, -0.15) is 0 Å². The molecule has 0 heterocycles. The normalized spacial score (nSPS) is 14.6. The molecule has 1 aromatic rings. The molecule has 4 nitrogen and oxygen atoms in total. The second kappa shape index (κ2) is 4.91. The van der Waals surface area contributed by atoms with Crippen LogP contribution >= 0.6 is 0 Å². The Morgan fingerprint density at radius 1 is 1.40 bits per heavy atom. The van der Waals surface area contributed by atoms with E-state index in [9.17, 15) is 15.0 Å². The molecule has 1 rings (SSSR count). The molecular formula is C11H14O4. The van der Waals surface area contributed by atoms with Gasteiger partial charge in [0.1, 0.15) is 6.10 Å². The third kappa shape index (κ3) is 3.34. The van der Waals surface area contributed by atoms with Gasteiger partial charge in [0.25, 0.3) is 0 Å². The van der Waals surface area contributed by atoms with Crippen LogP contribution in [0.1, 0.15) is 23.7 Å². The quantitative estimate of drug-likeness (QED) is 0.689. The Bertz CT molecular complexity index is 348. The zero-order chi connectivity index (χ0) is 11.4. The Labute approximate surface area is 87.8 Å². The first-order valence-electron chi connectivity index (χ1n) is 4.65. The number of carboxylic acid groups (broad SMARTS) is 1. The predicted octanol–water partition coefficient (Wildman–Crippen LogP) is 0.864. The number of aliphatic hydroxyl groups excluding tert-OH is 2. The molecule has 0 saturated carbocycles. The molecule has 0 aliphatic carbocycles. The van der Waals surface area contributed by atoms with Crippen molar-refractivity contribution in [1.29, 1.82) is 0 Å². The molecule has 2 unspecified atom stereocenters. The number of aliphatic carboxylic acids is 1. The van der Waals surface area contributed by atoms with E-state index < -0.39 is 24.6 Å². The molecule has 82 valence electrons. The summed E-state index contributed by atoms with van der Waals surface area (Å²) in [5.41, 5.74) is 1.48. The summed E-state index contributed by atoms with van der Waals surface area (Å²) in [5.74, 6) is -1.13. The Kier molecular flexibility index (Phi) is 3.82. The molecule has 0 fully saturated rings. The van der Waals surface area contributed by atoms with Crippen LogP contribution in [-0.4, -0.2) is 27.4 Å². The minimum absolute atomic E-state index is 0.463. The highest BCUT2D eigenvalue weighted by atomic mass is 16.4. The van der Waals surface area contributed by atoms with Crippen LogP contribution in [0.2, 0.25) is 0 Å². The van der Waals surface area contributed by atoms with Gasteiger partial charge >= 0.3 is 5.97 Å². The smallest absolute Gasteiger partial charge is 0.306 e. The highest BCUT2D eigenvalue weighted by Gasteiger charge is 2.20. The number of aryl methyl sites for hydroxylation is 1. The monoisotopic (exact) mass is 210 g/mol. The van der Waals surface area contributed by atoms with Crippen LogP contribution in [0.25, 0.3) is 0 Å². The van der Waals surface area contributed by atoms with E-state index in [2.05, 4.69) is 0 Å². The van der Waals surface area contributed by atoms with Gasteiger partial charge in [-0.05, 0) is 12.5 Å². The number of aliphatic hydroxyl groups is 2. The highest BCUT2D eigenvalue weighted by Crippen LogP contribution is 2.19. The minimum Gasteiger partial charge on any atom is -0.481 e. The third-order valence-corrected chi connectivity index (χ3v) is 2.13. The van der Waals surface area contributed by atoms with E-state index in [4.69, 9.17) is 5.11 Å². The molecule has 0 amide bonds. The Hall–Kier alpha value is -1.39. The minimum atomic E-state index is -1.27. The molecular weight excluding hydrogens is 196 g/mol. The van der Waals surface area contributed by atoms with Crippen LogP contribution in [0, 0.1) is 6.92 Å². The lowest BCUT2D eigenvalue weighted by Gasteiger charge is -2.16. The van der Waals surface area contributed by atoms with Gasteiger partial charge in [-0.25, -0.2) is 0 Å². The van der Waals surface area contributed by atoms with Crippen LogP contribution in [0.15, 0.2) is 24.3 Å². The highest BCUT2D eigenvalue weighted by molar-refractivity contribution is 5.67. The van der Waals surface area contributed by atoms with Gasteiger partial charge < -0.3 is 15.3 Å². The Morgan fingerprint density at radius 3 is 2.60 bits per heavy atom. The van der Waals surface area contributed by atoms with Crippen molar-refractivity contribution in [2.75, 3.05) is 0 Å². The predicted molar refractivity (Wildman–Crippen MR) is 54.4 cm³/mol. The number of carboxylic acids is 1. The van der Waals surface area contributed by atoms with Gasteiger partial charge in [0.15, 0.2) is 0 Å². The summed E-state index contributed by atoms with van der Waals surface area (Å²) >= 11 is 0. The lowest BCUT2D eigenvalue weighted by Crippen LogP contribution is -2.21. The second-order valence-electron chi connectivity index (χ2n) is 3.52. The van der Waals surface area contributed by atoms with E-state index in [1.807, 2.05) is 13.0 Å². The maximum Gasteiger partial charge on any atom is 0.306 e. The zero-order valence-corrected chi connectivity index (χ0v) is 8.42. The van der Waals surface area contributed by atoms with Crippen molar-refractivity contribution in [3.63, 3.8) is 0 Å². The maximum absolute atomic E-state index is 10.3. The number of carbonyl (C=O) groups is 1. The average Bonchev–Trinajstić information content (AvgIpc) is 2.15. The van der Waals surface area contributed by atoms with Crippen LogP contribution in [0.5, 0.6) is 0 Å². The topological polar surface area (TPSA) is 77.8 Å². The van der Waals surface area contributed by atoms with Crippen LogP contribution in [0.4, 0.5) is 0 Å². The lowest BCUT2D eigenvalue weighted by atomic mass is 10.0. The van der Waals surface area contributed by atoms with Crippen molar-refractivity contribution in [2.45, 2.75) is 25.6 Å². The van der Waals surface area contributed by atoms with E-state index in [0.29, 0.717) is 5.56 Å². The van der Waals surface area contributed by atoms with Crippen molar-refractivity contribution in [1.82, 2.24) is 0 Å². The fourth-order valence-electron chi connectivity index (χ4n) is 1.37. The largest absolute Gasteiger partial charge is 0.481 e. The summed E-state index contributed by atoms with van der Waals surface area (Å²) < 4.78 is 0. The van der Waals surface area contributed by atoms with E-state index in [0.717, 1.165) is 5.56 Å². The molecule has 3 N–H and O–H groups in total. The lowest BCUT2D eigenvalue weighted by molar-refractivity contribution is -0.141. The van der Waals surface area contributed by atoms with Crippen molar-refractivity contribution in [3.8, 4) is 0 Å². The first kappa shape index (κ1) is 11.7. The molecule has 0 bridgehead atoms. The van der Waals surface area contributed by atoms with E-state index in [1.54, 1.807) is 18.2 Å². The summed E-state index contributed by atoms with van der Waals surface area (Å²) in [7, 11) is 0. The standard InChI is InChI=1S/C11H14O4/c1-7-3-2-4-8(5-7)11(15)9(12)6-10(13)14/h2-5,9,11-12,15H,6H2,1H3,(H,13,14). The number of hydrogen-bond acceptors (Lipinski definition) is 3. The third-order valence-electron chi connectivity index (χ3n) is 2.13. The molecule has 2 atom stereocenters. The Balaban J connectivity index is 2.75. The van der Waals surface area contributed by atoms with Crippen molar-refractivity contribution >= 4 is 5.97 Å². The molecule has 0 aromatic heterocycles. The van der Waals surface area contributed by atoms with E-state index >= 15 is 0 Å². The summed E-state index contributed by atoms with van der Waals surface area (Å²) in [5, 5.41) is 27.5. The number of benzene rings is 1. The maximum atomic E-state index is 10.3. The number of hydrogen-bond donors (Lipinski definition) is 3. The first-order chi connectivity index (χ1) is 7.00. The molecule has 15 heavy (non-hydrogen) atoms. The molecule has 0 radical (unpaired) electrons. The SMILES string of the molecule is Cc1cccc(C(O)C(O)CC(=O)O)c1. The molecule has 0 spiro atoms. The summed E-state index contributed by atoms with van der Waals surface area (Å²) in [6, 6.07) is 6.99. The molecule has 4 heteroatoms. The Morgan fingerprint density at radius 2 is 2.07 bits per heavy atom. The van der Waals surface area contributed by atoms with Gasteiger partial charge in [-0.15, -0.1) is 0 Å². The summed E-state index contributed by atoms with van der Waals surface area (Å²) in [6.07, 6.45) is -2.89. The van der Waals surface area contributed by atoms with E-state index in [-0.39, 0.29) is 0 Å². The van der Waals surface area contributed by atoms with Gasteiger partial charge in [0.2, 0.25) is 0 Å². The van der Waals surface area contributed by atoms with Gasteiger partial charge in [-0.3, -0.25) is 4.79 Å². The molecule has 0 aliphatic rings. The average molecular weight is 210 g/mol. The first-order valence-corrected chi connectivity index (χ1v) is 4.65. The van der Waals surface area contributed by atoms with Crippen LogP contribution in [0.3, 0.4) is 0 Å². The van der Waals surface area contributed by atoms with E-state index in [1.165, 1.54) is 0 Å². The zero-order valence-electron chi connectivity index (χ0n) is 8.42. The summed E-state index contributed by atoms with van der Waals surface area (Å²) in [6.45, 7) is 1.86. The summed E-state index contributed by atoms with van der Waals surface area (Å²) in [4.78, 5) is 10.3. The van der Waals surface area contributed by atoms with Crippen molar-refractivity contribution in [3.05, 3.63) is 35.4 Å². The van der Waals surface area contributed by atoms with Gasteiger partial charge in [-0.1, -0.05) is 29.8 Å².